The number of hydrogen-bond donors (Lipinski definition) is 1. The number of rotatable bonds is 9. The Balaban J connectivity index is 2.69. The van der Waals surface area contributed by atoms with Crippen LogP contribution in [0.4, 0.5) is 5.82 Å². The maximum absolute atomic E-state index is 4.54. The van der Waals surface area contributed by atoms with Gasteiger partial charge in [0.25, 0.3) is 0 Å². The second-order valence-corrected chi connectivity index (χ2v) is 5.46. The Morgan fingerprint density at radius 1 is 1.25 bits per heavy atom. The SMILES string of the molecule is CCNC(C)c1ccnc(N(CC)CCCN(C)C)c1. The van der Waals surface area contributed by atoms with Gasteiger partial charge in [0.2, 0.25) is 0 Å². The van der Waals surface area contributed by atoms with Crippen LogP contribution in [0.5, 0.6) is 0 Å². The first-order chi connectivity index (χ1) is 9.58. The molecule has 0 saturated heterocycles. The molecule has 0 amide bonds. The van der Waals surface area contributed by atoms with E-state index >= 15 is 0 Å². The molecule has 114 valence electrons. The smallest absolute Gasteiger partial charge is 0.128 e. The van der Waals surface area contributed by atoms with Crippen LogP contribution in [0.1, 0.15) is 38.8 Å². The fourth-order valence-corrected chi connectivity index (χ4v) is 2.31. The molecule has 0 aliphatic heterocycles. The van der Waals surface area contributed by atoms with Crippen LogP contribution < -0.4 is 10.2 Å². The van der Waals surface area contributed by atoms with E-state index in [9.17, 15) is 0 Å². The molecule has 4 heteroatoms. The number of aromatic nitrogens is 1. The van der Waals surface area contributed by atoms with Gasteiger partial charge >= 0.3 is 0 Å². The molecule has 1 atom stereocenters. The number of nitrogens with zero attached hydrogens (tertiary/aromatic N) is 3. The molecule has 0 saturated carbocycles. The van der Waals surface area contributed by atoms with E-state index in [0.717, 1.165) is 38.4 Å². The van der Waals surface area contributed by atoms with Crippen LogP contribution in [0.15, 0.2) is 18.3 Å². The quantitative estimate of drug-likeness (QED) is 0.752. The van der Waals surface area contributed by atoms with Gasteiger partial charge in [0.1, 0.15) is 5.82 Å². The monoisotopic (exact) mass is 278 g/mol. The van der Waals surface area contributed by atoms with Gasteiger partial charge in [-0.05, 0) is 65.1 Å². The van der Waals surface area contributed by atoms with Gasteiger partial charge in [-0.3, -0.25) is 0 Å². The van der Waals surface area contributed by atoms with Crippen molar-refractivity contribution < 1.29 is 0 Å². The predicted octanol–water partition coefficient (Wildman–Crippen LogP) is 2.53. The summed E-state index contributed by atoms with van der Waals surface area (Å²) >= 11 is 0. The first kappa shape index (κ1) is 16.9. The van der Waals surface area contributed by atoms with E-state index in [1.807, 2.05) is 6.20 Å². The van der Waals surface area contributed by atoms with E-state index in [4.69, 9.17) is 0 Å². The number of anilines is 1. The summed E-state index contributed by atoms with van der Waals surface area (Å²) < 4.78 is 0. The zero-order valence-corrected chi connectivity index (χ0v) is 13.7. The zero-order valence-electron chi connectivity index (χ0n) is 13.7. The van der Waals surface area contributed by atoms with Gasteiger partial charge in [0.15, 0.2) is 0 Å². The van der Waals surface area contributed by atoms with E-state index in [0.29, 0.717) is 6.04 Å². The van der Waals surface area contributed by atoms with Gasteiger partial charge < -0.3 is 15.1 Å². The zero-order chi connectivity index (χ0) is 15.0. The van der Waals surface area contributed by atoms with E-state index in [1.165, 1.54) is 5.56 Å². The van der Waals surface area contributed by atoms with Crippen LogP contribution in [-0.2, 0) is 0 Å². The minimum Gasteiger partial charge on any atom is -0.357 e. The summed E-state index contributed by atoms with van der Waals surface area (Å²) in [6.07, 6.45) is 3.09. The summed E-state index contributed by atoms with van der Waals surface area (Å²) in [6, 6.07) is 4.69. The molecule has 0 bridgehead atoms. The molecule has 1 heterocycles. The molecule has 1 aromatic heterocycles. The van der Waals surface area contributed by atoms with Crippen LogP contribution >= 0.6 is 0 Å². The number of pyridine rings is 1. The maximum Gasteiger partial charge on any atom is 0.128 e. The lowest BCUT2D eigenvalue weighted by Crippen LogP contribution is -2.28. The van der Waals surface area contributed by atoms with Crippen molar-refractivity contribution >= 4 is 5.82 Å². The largest absolute Gasteiger partial charge is 0.357 e. The van der Waals surface area contributed by atoms with Crippen LogP contribution in [0, 0.1) is 0 Å². The fourth-order valence-electron chi connectivity index (χ4n) is 2.31. The minimum atomic E-state index is 0.377. The third-order valence-corrected chi connectivity index (χ3v) is 3.52. The molecule has 0 radical (unpaired) electrons. The Bertz CT molecular complexity index is 378. The standard InChI is InChI=1S/C16H30N4/c1-6-17-14(3)15-9-10-18-16(13-15)20(7-2)12-8-11-19(4)5/h9-10,13-14,17H,6-8,11-12H2,1-5H3. The van der Waals surface area contributed by atoms with E-state index in [1.54, 1.807) is 0 Å². The Morgan fingerprint density at radius 2 is 2.00 bits per heavy atom. The molecular formula is C16H30N4. The molecule has 0 aliphatic carbocycles. The van der Waals surface area contributed by atoms with Gasteiger partial charge in [-0.25, -0.2) is 4.98 Å². The van der Waals surface area contributed by atoms with Crippen molar-refractivity contribution in [1.29, 1.82) is 0 Å². The van der Waals surface area contributed by atoms with Crippen molar-refractivity contribution in [2.24, 2.45) is 0 Å². The second kappa shape index (κ2) is 8.93. The second-order valence-electron chi connectivity index (χ2n) is 5.46. The van der Waals surface area contributed by atoms with Gasteiger partial charge in [0.05, 0.1) is 0 Å². The first-order valence-electron chi connectivity index (χ1n) is 7.67. The van der Waals surface area contributed by atoms with Crippen LogP contribution in [-0.4, -0.2) is 50.2 Å². The molecule has 0 aromatic carbocycles. The Hall–Kier alpha value is -1.13. The summed E-state index contributed by atoms with van der Waals surface area (Å²) in [5.41, 5.74) is 1.31. The molecular weight excluding hydrogens is 248 g/mol. The van der Waals surface area contributed by atoms with Crippen LogP contribution in [0.3, 0.4) is 0 Å². The average molecular weight is 278 g/mol. The van der Waals surface area contributed by atoms with E-state index in [-0.39, 0.29) is 0 Å². The number of nitrogens with one attached hydrogen (secondary N) is 1. The van der Waals surface area contributed by atoms with Crippen molar-refractivity contribution in [3.8, 4) is 0 Å². The topological polar surface area (TPSA) is 31.4 Å². The fraction of sp³-hybridized carbons (Fsp3) is 0.688. The van der Waals surface area contributed by atoms with Crippen molar-refractivity contribution in [3.05, 3.63) is 23.9 Å². The molecule has 0 aliphatic rings. The molecule has 1 rings (SSSR count). The molecule has 0 fully saturated rings. The van der Waals surface area contributed by atoms with Crippen molar-refractivity contribution in [1.82, 2.24) is 15.2 Å². The lowest BCUT2D eigenvalue weighted by molar-refractivity contribution is 0.400. The molecule has 1 unspecified atom stereocenters. The maximum atomic E-state index is 4.54. The highest BCUT2D eigenvalue weighted by atomic mass is 15.2. The van der Waals surface area contributed by atoms with Crippen molar-refractivity contribution in [2.75, 3.05) is 45.2 Å². The Labute approximate surface area is 124 Å². The lowest BCUT2D eigenvalue weighted by atomic mass is 10.1. The van der Waals surface area contributed by atoms with Crippen LogP contribution in [0.2, 0.25) is 0 Å². The molecule has 4 nitrogen and oxygen atoms in total. The highest BCUT2D eigenvalue weighted by Crippen LogP contribution is 2.18. The summed E-state index contributed by atoms with van der Waals surface area (Å²) in [7, 11) is 4.24. The first-order valence-corrected chi connectivity index (χ1v) is 7.67. The minimum absolute atomic E-state index is 0.377. The van der Waals surface area contributed by atoms with E-state index in [2.05, 4.69) is 67.1 Å². The molecule has 0 spiro atoms. The summed E-state index contributed by atoms with van der Waals surface area (Å²) in [5.74, 6) is 1.09. The van der Waals surface area contributed by atoms with Crippen LogP contribution in [0.25, 0.3) is 0 Å². The highest BCUT2D eigenvalue weighted by Gasteiger charge is 2.09. The summed E-state index contributed by atoms with van der Waals surface area (Å²) in [5, 5.41) is 3.45. The van der Waals surface area contributed by atoms with Gasteiger partial charge in [-0.15, -0.1) is 0 Å². The summed E-state index contributed by atoms with van der Waals surface area (Å²) in [4.78, 5) is 9.12. The highest BCUT2D eigenvalue weighted by molar-refractivity contribution is 5.41. The average Bonchev–Trinajstić information content (AvgIpc) is 2.44. The molecule has 20 heavy (non-hydrogen) atoms. The molecule has 1 N–H and O–H groups in total. The van der Waals surface area contributed by atoms with Crippen molar-refractivity contribution in [2.45, 2.75) is 33.2 Å². The van der Waals surface area contributed by atoms with E-state index < -0.39 is 0 Å². The Kier molecular flexibility index (Phi) is 7.55. The molecule has 1 aromatic rings. The lowest BCUT2D eigenvalue weighted by Gasteiger charge is -2.24. The van der Waals surface area contributed by atoms with Gasteiger partial charge in [0, 0.05) is 25.3 Å². The van der Waals surface area contributed by atoms with Crippen molar-refractivity contribution in [3.63, 3.8) is 0 Å². The summed E-state index contributed by atoms with van der Waals surface area (Å²) in [6.45, 7) is 10.7. The normalized spacial score (nSPS) is 12.7. The van der Waals surface area contributed by atoms with Gasteiger partial charge in [-0.2, -0.15) is 0 Å². The third kappa shape index (κ3) is 5.47. The van der Waals surface area contributed by atoms with Gasteiger partial charge in [-0.1, -0.05) is 6.92 Å². The number of hydrogen-bond acceptors (Lipinski definition) is 4. The Morgan fingerprint density at radius 3 is 2.60 bits per heavy atom. The predicted molar refractivity (Wildman–Crippen MR) is 87.4 cm³/mol. The third-order valence-electron chi connectivity index (χ3n) is 3.52.